The van der Waals surface area contributed by atoms with Gasteiger partial charge in [0.15, 0.2) is 12.2 Å². The number of hydrogen-bond donors (Lipinski definition) is 3. The van der Waals surface area contributed by atoms with Crippen LogP contribution in [0.1, 0.15) is 414 Å². The molecule has 3 N–H and O–H groups in total. The van der Waals surface area contributed by atoms with Crippen LogP contribution in [0.5, 0.6) is 0 Å². The molecule has 0 rings (SSSR count). The molecule has 0 aliphatic rings. The lowest BCUT2D eigenvalue weighted by Crippen LogP contribution is -2.30. The normalized spacial score (nSPS) is 13.9. The van der Waals surface area contributed by atoms with Gasteiger partial charge < -0.3 is 33.8 Å². The molecule has 0 radical (unpaired) electrons. The van der Waals surface area contributed by atoms with Crippen LogP contribution in [0.25, 0.3) is 0 Å². The van der Waals surface area contributed by atoms with E-state index in [9.17, 15) is 43.2 Å². The first-order valence-electron chi connectivity index (χ1n) is 41.0. The van der Waals surface area contributed by atoms with Gasteiger partial charge in [-0.05, 0) is 37.5 Å². The molecule has 19 heteroatoms. The number of ether oxygens (including phenoxy) is 4. The van der Waals surface area contributed by atoms with Gasteiger partial charge >= 0.3 is 39.5 Å². The smallest absolute Gasteiger partial charge is 0.462 e. The second-order valence-corrected chi connectivity index (χ2v) is 32.3. The molecule has 5 atom stereocenters. The van der Waals surface area contributed by atoms with Crippen molar-refractivity contribution in [3.05, 3.63) is 0 Å². The SMILES string of the molecule is CCCCCCCCCCCCCCCCCCCCC(=O)O[C@H](COC(=O)CCCCCCCCCCCCCCC(C)C)COP(=O)(O)OC[C@@H](O)COP(=O)(O)OC[C@@H](COC(=O)CCCCCCCCCC(C)C)OC(=O)CCCCCCCCCCCCCCCCC. The minimum Gasteiger partial charge on any atom is -0.462 e. The number of phosphoric acid groups is 2. The summed E-state index contributed by atoms with van der Waals surface area (Å²) in [6.07, 6.45) is 59.7. The molecule has 0 fully saturated rings. The summed E-state index contributed by atoms with van der Waals surface area (Å²) in [5.74, 6) is -0.624. The second kappa shape index (κ2) is 70.7. The Morgan fingerprint density at radius 2 is 0.469 bits per heavy atom. The van der Waals surface area contributed by atoms with Crippen LogP contribution in [0, 0.1) is 11.8 Å². The first-order chi connectivity index (χ1) is 47.4. The maximum Gasteiger partial charge on any atom is 0.472 e. The van der Waals surface area contributed by atoms with Crippen molar-refractivity contribution >= 4 is 39.5 Å². The van der Waals surface area contributed by atoms with E-state index in [1.54, 1.807) is 0 Å². The van der Waals surface area contributed by atoms with E-state index in [2.05, 4.69) is 41.5 Å². The molecule has 0 aromatic carbocycles. The zero-order valence-electron chi connectivity index (χ0n) is 64.1. The van der Waals surface area contributed by atoms with Crippen LogP contribution in [-0.4, -0.2) is 96.7 Å². The first-order valence-corrected chi connectivity index (χ1v) is 44.0. The van der Waals surface area contributed by atoms with Crippen LogP contribution in [-0.2, 0) is 65.4 Å². The molecule has 0 heterocycles. The van der Waals surface area contributed by atoms with Crippen molar-refractivity contribution in [2.75, 3.05) is 39.6 Å². The van der Waals surface area contributed by atoms with Crippen molar-refractivity contribution in [1.29, 1.82) is 0 Å². The molecule has 0 aromatic rings. The summed E-state index contributed by atoms with van der Waals surface area (Å²) < 4.78 is 68.7. The molecule has 0 saturated carbocycles. The van der Waals surface area contributed by atoms with Crippen LogP contribution in [0.3, 0.4) is 0 Å². The molecule has 17 nitrogen and oxygen atoms in total. The molecule has 0 aromatic heterocycles. The van der Waals surface area contributed by atoms with E-state index in [1.165, 1.54) is 225 Å². The number of unbranched alkanes of at least 4 members (excludes halogenated alkanes) is 48. The fourth-order valence-corrected chi connectivity index (χ4v) is 13.8. The molecule has 98 heavy (non-hydrogen) atoms. The van der Waals surface area contributed by atoms with Gasteiger partial charge in [-0.3, -0.25) is 37.3 Å². The Balaban J connectivity index is 5.24. The fourth-order valence-electron chi connectivity index (χ4n) is 12.2. The number of phosphoric ester groups is 2. The van der Waals surface area contributed by atoms with Crippen molar-refractivity contribution in [2.45, 2.75) is 432 Å². The van der Waals surface area contributed by atoms with E-state index < -0.39 is 97.5 Å². The molecular formula is C79H154O17P2. The third kappa shape index (κ3) is 72.4. The number of aliphatic hydroxyl groups excluding tert-OH is 1. The summed E-state index contributed by atoms with van der Waals surface area (Å²) in [4.78, 5) is 72.9. The number of carbonyl (C=O) groups excluding carboxylic acids is 4. The number of hydrogen-bond acceptors (Lipinski definition) is 15. The minimum atomic E-state index is -4.96. The lowest BCUT2D eigenvalue weighted by Gasteiger charge is -2.21. The van der Waals surface area contributed by atoms with E-state index in [1.807, 2.05) is 0 Å². The zero-order valence-corrected chi connectivity index (χ0v) is 65.9. The van der Waals surface area contributed by atoms with Crippen LogP contribution >= 0.6 is 15.6 Å². The third-order valence-electron chi connectivity index (χ3n) is 18.5. The summed E-state index contributed by atoms with van der Waals surface area (Å²) in [5, 5.41) is 10.6. The first kappa shape index (κ1) is 96.1. The number of aliphatic hydroxyl groups is 1. The van der Waals surface area contributed by atoms with Gasteiger partial charge in [-0.25, -0.2) is 9.13 Å². The predicted octanol–water partition coefficient (Wildman–Crippen LogP) is 23.5. The highest BCUT2D eigenvalue weighted by atomic mass is 31.2. The highest BCUT2D eigenvalue weighted by molar-refractivity contribution is 7.47. The Hall–Kier alpha value is -1.94. The zero-order chi connectivity index (χ0) is 72.1. The van der Waals surface area contributed by atoms with Crippen molar-refractivity contribution in [3.63, 3.8) is 0 Å². The molecule has 2 unspecified atom stereocenters. The molecule has 0 saturated heterocycles. The lowest BCUT2D eigenvalue weighted by atomic mass is 10.0. The largest absolute Gasteiger partial charge is 0.472 e. The van der Waals surface area contributed by atoms with Gasteiger partial charge in [0.2, 0.25) is 0 Å². The Kier molecular flexibility index (Phi) is 69.3. The highest BCUT2D eigenvalue weighted by Gasteiger charge is 2.30. The maximum atomic E-state index is 13.1. The number of carbonyl (C=O) groups is 4. The molecule has 0 aliphatic heterocycles. The van der Waals surface area contributed by atoms with Crippen LogP contribution in [0.15, 0.2) is 0 Å². The molecular weight excluding hydrogens is 1280 g/mol. The van der Waals surface area contributed by atoms with Crippen LogP contribution < -0.4 is 0 Å². The van der Waals surface area contributed by atoms with Gasteiger partial charge in [-0.1, -0.05) is 363 Å². The molecule has 0 aliphatic carbocycles. The van der Waals surface area contributed by atoms with Crippen LogP contribution in [0.4, 0.5) is 0 Å². The average Bonchev–Trinajstić information content (AvgIpc) is 1.07. The van der Waals surface area contributed by atoms with E-state index in [0.29, 0.717) is 31.6 Å². The summed E-state index contributed by atoms with van der Waals surface area (Å²) in [6.45, 7) is 9.58. The maximum absolute atomic E-state index is 13.1. The summed E-state index contributed by atoms with van der Waals surface area (Å²) in [5.41, 5.74) is 0. The van der Waals surface area contributed by atoms with Gasteiger partial charge in [-0.2, -0.15) is 0 Å². The molecule has 0 bridgehead atoms. The third-order valence-corrected chi connectivity index (χ3v) is 20.4. The predicted molar refractivity (Wildman–Crippen MR) is 400 cm³/mol. The average molecular weight is 1440 g/mol. The number of rotatable bonds is 78. The van der Waals surface area contributed by atoms with Gasteiger partial charge in [0.1, 0.15) is 19.3 Å². The lowest BCUT2D eigenvalue weighted by molar-refractivity contribution is -0.161. The quantitative estimate of drug-likeness (QED) is 0.0222. The van der Waals surface area contributed by atoms with Crippen molar-refractivity contribution in [1.82, 2.24) is 0 Å². The summed E-state index contributed by atoms with van der Waals surface area (Å²) in [7, 11) is -9.92. The summed E-state index contributed by atoms with van der Waals surface area (Å²) >= 11 is 0. The number of esters is 4. The molecule has 0 spiro atoms. The Morgan fingerprint density at radius 3 is 0.694 bits per heavy atom. The van der Waals surface area contributed by atoms with Crippen molar-refractivity contribution in [2.24, 2.45) is 11.8 Å². The van der Waals surface area contributed by atoms with E-state index in [0.717, 1.165) is 102 Å². The van der Waals surface area contributed by atoms with Crippen molar-refractivity contribution < 1.29 is 80.2 Å². The van der Waals surface area contributed by atoms with Gasteiger partial charge in [0.25, 0.3) is 0 Å². The minimum absolute atomic E-state index is 0.107. The Labute approximate surface area is 600 Å². The van der Waals surface area contributed by atoms with Crippen LogP contribution in [0.2, 0.25) is 0 Å². The van der Waals surface area contributed by atoms with E-state index in [-0.39, 0.29) is 25.7 Å². The fraction of sp³-hybridized carbons (Fsp3) is 0.949. The summed E-state index contributed by atoms with van der Waals surface area (Å²) in [6, 6.07) is 0. The second-order valence-electron chi connectivity index (χ2n) is 29.4. The monoisotopic (exact) mass is 1440 g/mol. The van der Waals surface area contributed by atoms with E-state index in [4.69, 9.17) is 37.0 Å². The topological polar surface area (TPSA) is 237 Å². The highest BCUT2D eigenvalue weighted by Crippen LogP contribution is 2.45. The van der Waals surface area contributed by atoms with Crippen molar-refractivity contribution in [3.8, 4) is 0 Å². The van der Waals surface area contributed by atoms with E-state index >= 15 is 0 Å². The van der Waals surface area contributed by atoms with Gasteiger partial charge in [0, 0.05) is 25.7 Å². The van der Waals surface area contributed by atoms with Gasteiger partial charge in [0.05, 0.1) is 26.4 Å². The molecule has 582 valence electrons. The molecule has 0 amide bonds. The Morgan fingerprint density at radius 1 is 0.276 bits per heavy atom. The standard InChI is InChI=1S/C79H154O17P2/c1-7-9-11-13-15-17-19-21-23-24-25-27-29-35-39-45-52-58-64-78(83)95-74(67-89-76(81)61-55-49-43-37-33-31-30-32-36-41-47-53-59-71(3)4)69-93-97(85,86)91-65-73(80)66-92-98(87,88)94-70-75(68-90-77(82)62-56-50-46-40-42-48-54-60-72(5)6)96-79(84)63-57-51-44-38-34-28-26-22-20-18-16-14-12-10-8-2/h71-75,80H,7-70H2,1-6H3,(H,85,86)(H,87,88)/t73-,74-,75-/m1/s1. The Bertz CT molecular complexity index is 1890. The van der Waals surface area contributed by atoms with Gasteiger partial charge in [-0.15, -0.1) is 0 Å².